The molecule has 0 amide bonds. The average Bonchev–Trinajstić information content (AvgIpc) is 2.97. The summed E-state index contributed by atoms with van der Waals surface area (Å²) in [6.45, 7) is 3.28. The van der Waals surface area contributed by atoms with Gasteiger partial charge >= 0.3 is 5.97 Å². The second-order valence-electron chi connectivity index (χ2n) is 4.60. The van der Waals surface area contributed by atoms with E-state index in [-0.39, 0.29) is 12.5 Å². The van der Waals surface area contributed by atoms with Gasteiger partial charge in [0.1, 0.15) is 5.76 Å². The van der Waals surface area contributed by atoms with E-state index in [0.717, 1.165) is 17.9 Å². The van der Waals surface area contributed by atoms with E-state index in [2.05, 4.69) is 4.90 Å². The third kappa shape index (κ3) is 3.48. The van der Waals surface area contributed by atoms with Crippen LogP contribution in [0.3, 0.4) is 0 Å². The molecule has 0 aliphatic carbocycles. The quantitative estimate of drug-likeness (QED) is 0.842. The normalized spacial score (nSPS) is 12.5. The number of carboxylic acid groups (broad SMARTS) is 1. The van der Waals surface area contributed by atoms with E-state index < -0.39 is 5.97 Å². The fraction of sp³-hybridized carbons (Fsp3) is 0.312. The van der Waals surface area contributed by atoms with Gasteiger partial charge in [0.25, 0.3) is 0 Å². The van der Waals surface area contributed by atoms with Crippen molar-refractivity contribution >= 4 is 5.97 Å². The molecule has 0 fully saturated rings. The molecule has 0 saturated carbocycles. The van der Waals surface area contributed by atoms with Crippen LogP contribution in [0, 0.1) is 0 Å². The lowest BCUT2D eigenvalue weighted by atomic mass is 10.0. The molecule has 0 aliphatic rings. The largest absolute Gasteiger partial charge is 0.481 e. The van der Waals surface area contributed by atoms with Gasteiger partial charge in [-0.15, -0.1) is 0 Å². The summed E-state index contributed by atoms with van der Waals surface area (Å²) >= 11 is 0. The Bertz CT molecular complexity index is 522. The van der Waals surface area contributed by atoms with Gasteiger partial charge in [0.05, 0.1) is 18.7 Å². The van der Waals surface area contributed by atoms with Crippen molar-refractivity contribution < 1.29 is 14.3 Å². The Morgan fingerprint density at radius 3 is 2.55 bits per heavy atom. The summed E-state index contributed by atoms with van der Waals surface area (Å²) in [7, 11) is 0. The Balaban J connectivity index is 2.28. The van der Waals surface area contributed by atoms with E-state index >= 15 is 0 Å². The molecular weight excluding hydrogens is 254 g/mol. The van der Waals surface area contributed by atoms with Gasteiger partial charge in [-0.3, -0.25) is 9.69 Å². The Morgan fingerprint density at radius 2 is 2.00 bits per heavy atom. The van der Waals surface area contributed by atoms with Crippen LogP contribution < -0.4 is 0 Å². The van der Waals surface area contributed by atoms with E-state index in [1.54, 1.807) is 6.26 Å². The van der Waals surface area contributed by atoms with Gasteiger partial charge in [0, 0.05) is 6.54 Å². The SMILES string of the molecule is CCN(CCC(=O)O)C(c1ccccc1)c1ccco1. The van der Waals surface area contributed by atoms with Crippen LogP contribution in [0.2, 0.25) is 0 Å². The first-order chi connectivity index (χ1) is 9.72. The molecular formula is C16H19NO3. The summed E-state index contributed by atoms with van der Waals surface area (Å²) in [5.41, 5.74) is 1.11. The number of nitrogens with zero attached hydrogens (tertiary/aromatic N) is 1. The van der Waals surface area contributed by atoms with Gasteiger partial charge in [-0.05, 0) is 24.2 Å². The maximum absolute atomic E-state index is 10.8. The number of hydrogen-bond donors (Lipinski definition) is 1. The van der Waals surface area contributed by atoms with Crippen LogP contribution in [0.1, 0.15) is 30.7 Å². The summed E-state index contributed by atoms with van der Waals surface area (Å²) < 4.78 is 5.55. The Labute approximate surface area is 118 Å². The molecule has 4 nitrogen and oxygen atoms in total. The molecule has 1 aromatic heterocycles. The molecule has 20 heavy (non-hydrogen) atoms. The summed E-state index contributed by atoms with van der Waals surface area (Å²) in [4.78, 5) is 12.9. The minimum atomic E-state index is -0.783. The summed E-state index contributed by atoms with van der Waals surface area (Å²) in [5.74, 6) is 0.0538. The molecule has 4 heteroatoms. The molecule has 1 atom stereocenters. The zero-order valence-electron chi connectivity index (χ0n) is 11.5. The van der Waals surface area contributed by atoms with Crippen molar-refractivity contribution in [1.82, 2.24) is 4.90 Å². The van der Waals surface area contributed by atoms with Gasteiger partial charge in [-0.25, -0.2) is 0 Å². The highest BCUT2D eigenvalue weighted by molar-refractivity contribution is 5.66. The Kier molecular flexibility index (Phi) is 4.96. The number of furan rings is 1. The molecule has 0 bridgehead atoms. The minimum Gasteiger partial charge on any atom is -0.481 e. The number of benzene rings is 1. The topological polar surface area (TPSA) is 53.7 Å². The molecule has 0 radical (unpaired) electrons. The standard InChI is InChI=1S/C16H19NO3/c1-2-17(11-10-15(18)19)16(14-9-6-12-20-14)13-7-4-3-5-8-13/h3-9,12,16H,2,10-11H2,1H3,(H,18,19). The van der Waals surface area contributed by atoms with Crippen LogP contribution in [0.15, 0.2) is 53.1 Å². The average molecular weight is 273 g/mol. The van der Waals surface area contributed by atoms with Crippen molar-refractivity contribution in [3.63, 3.8) is 0 Å². The van der Waals surface area contributed by atoms with Gasteiger partial charge in [0.15, 0.2) is 0 Å². The third-order valence-electron chi connectivity index (χ3n) is 3.31. The van der Waals surface area contributed by atoms with E-state index in [1.807, 2.05) is 49.4 Å². The van der Waals surface area contributed by atoms with Crippen LogP contribution in [0.4, 0.5) is 0 Å². The van der Waals surface area contributed by atoms with Crippen LogP contribution in [-0.2, 0) is 4.79 Å². The van der Waals surface area contributed by atoms with E-state index in [4.69, 9.17) is 9.52 Å². The van der Waals surface area contributed by atoms with Crippen molar-refractivity contribution in [2.24, 2.45) is 0 Å². The molecule has 106 valence electrons. The summed E-state index contributed by atoms with van der Waals surface area (Å²) in [5, 5.41) is 8.89. The van der Waals surface area contributed by atoms with Gasteiger partial charge in [-0.2, -0.15) is 0 Å². The second-order valence-corrected chi connectivity index (χ2v) is 4.60. The highest BCUT2D eigenvalue weighted by Gasteiger charge is 2.23. The van der Waals surface area contributed by atoms with Gasteiger partial charge < -0.3 is 9.52 Å². The fourth-order valence-corrected chi connectivity index (χ4v) is 2.35. The van der Waals surface area contributed by atoms with E-state index in [1.165, 1.54) is 0 Å². The maximum Gasteiger partial charge on any atom is 0.304 e. The number of carboxylic acids is 1. The summed E-state index contributed by atoms with van der Waals surface area (Å²) in [6.07, 6.45) is 1.77. The molecule has 1 heterocycles. The van der Waals surface area contributed by atoms with Gasteiger partial charge in [0.2, 0.25) is 0 Å². The van der Waals surface area contributed by atoms with Crippen molar-refractivity contribution in [3.8, 4) is 0 Å². The van der Waals surface area contributed by atoms with E-state index in [0.29, 0.717) is 6.54 Å². The molecule has 0 aliphatic heterocycles. The second kappa shape index (κ2) is 6.91. The predicted octanol–water partition coefficient (Wildman–Crippen LogP) is 3.17. The highest BCUT2D eigenvalue weighted by Crippen LogP contribution is 2.28. The molecule has 0 spiro atoms. The maximum atomic E-state index is 10.8. The molecule has 1 unspecified atom stereocenters. The van der Waals surface area contributed by atoms with Crippen molar-refractivity contribution in [2.75, 3.05) is 13.1 Å². The van der Waals surface area contributed by atoms with Crippen LogP contribution in [0.25, 0.3) is 0 Å². The van der Waals surface area contributed by atoms with Crippen LogP contribution in [0.5, 0.6) is 0 Å². The lowest BCUT2D eigenvalue weighted by Gasteiger charge is -2.29. The Morgan fingerprint density at radius 1 is 1.25 bits per heavy atom. The minimum absolute atomic E-state index is 0.0458. The lowest BCUT2D eigenvalue weighted by Crippen LogP contribution is -2.31. The molecule has 1 N–H and O–H groups in total. The number of hydrogen-bond acceptors (Lipinski definition) is 3. The first-order valence-corrected chi connectivity index (χ1v) is 6.76. The number of rotatable bonds is 7. The molecule has 0 saturated heterocycles. The lowest BCUT2D eigenvalue weighted by molar-refractivity contribution is -0.137. The zero-order valence-corrected chi connectivity index (χ0v) is 11.5. The smallest absolute Gasteiger partial charge is 0.304 e. The van der Waals surface area contributed by atoms with Crippen molar-refractivity contribution in [3.05, 3.63) is 60.1 Å². The fourth-order valence-electron chi connectivity index (χ4n) is 2.35. The zero-order chi connectivity index (χ0) is 14.4. The van der Waals surface area contributed by atoms with Gasteiger partial charge in [-0.1, -0.05) is 37.3 Å². The Hall–Kier alpha value is -2.07. The third-order valence-corrected chi connectivity index (χ3v) is 3.31. The molecule has 2 aromatic rings. The number of aliphatic carboxylic acids is 1. The van der Waals surface area contributed by atoms with E-state index in [9.17, 15) is 4.79 Å². The predicted molar refractivity (Wildman–Crippen MR) is 76.5 cm³/mol. The number of carbonyl (C=O) groups is 1. The van der Waals surface area contributed by atoms with Crippen molar-refractivity contribution in [2.45, 2.75) is 19.4 Å². The molecule has 1 aromatic carbocycles. The molecule has 2 rings (SSSR count). The highest BCUT2D eigenvalue weighted by atomic mass is 16.4. The first-order valence-electron chi connectivity index (χ1n) is 6.76. The monoisotopic (exact) mass is 273 g/mol. The van der Waals surface area contributed by atoms with Crippen LogP contribution in [-0.4, -0.2) is 29.1 Å². The van der Waals surface area contributed by atoms with Crippen LogP contribution >= 0.6 is 0 Å². The van der Waals surface area contributed by atoms with Crippen molar-refractivity contribution in [1.29, 1.82) is 0 Å². The first kappa shape index (κ1) is 14.3. The summed E-state index contributed by atoms with van der Waals surface area (Å²) in [6, 6.07) is 13.8.